The molecule has 2 aromatic rings. The number of carbonyl (C=O) groups is 1. The molecule has 0 atom stereocenters. The number of hydrogen-bond acceptors (Lipinski definition) is 6. The predicted octanol–water partition coefficient (Wildman–Crippen LogP) is 2.01. The smallest absolute Gasteiger partial charge is 0.223 e. The van der Waals surface area contributed by atoms with Gasteiger partial charge in [0.15, 0.2) is 5.65 Å². The minimum absolute atomic E-state index is 0.0897. The average molecular weight is 357 g/mol. The molecule has 7 nitrogen and oxygen atoms in total. The Hall–Kier alpha value is -2.28. The van der Waals surface area contributed by atoms with Crippen LogP contribution in [0.5, 0.6) is 0 Å². The van der Waals surface area contributed by atoms with Gasteiger partial charge < -0.3 is 15.0 Å². The number of carbonyl (C=O) groups excluding carboxylic acids is 1. The van der Waals surface area contributed by atoms with Gasteiger partial charge in [-0.1, -0.05) is 0 Å². The maximum atomic E-state index is 12.2. The molecule has 1 N–H and O–H groups in total. The van der Waals surface area contributed by atoms with E-state index in [0.717, 1.165) is 54.9 Å². The van der Waals surface area contributed by atoms with Crippen molar-refractivity contribution in [1.29, 1.82) is 0 Å². The van der Waals surface area contributed by atoms with Crippen molar-refractivity contribution in [2.24, 2.45) is 5.92 Å². The molecule has 0 radical (unpaired) electrons. The molecule has 140 valence electrons. The van der Waals surface area contributed by atoms with Crippen LogP contribution in [0.4, 0.5) is 5.69 Å². The first-order chi connectivity index (χ1) is 12.6. The first-order valence-corrected chi connectivity index (χ1v) is 9.21. The third-order valence-electron chi connectivity index (χ3n) is 4.97. The monoisotopic (exact) mass is 357 g/mol. The van der Waals surface area contributed by atoms with Gasteiger partial charge in [0.1, 0.15) is 5.52 Å². The number of pyridine rings is 1. The van der Waals surface area contributed by atoms with Crippen LogP contribution in [0.1, 0.15) is 30.7 Å². The second kappa shape index (κ2) is 8.40. The van der Waals surface area contributed by atoms with E-state index < -0.39 is 0 Å². The molecule has 1 amide bonds. The number of methoxy groups -OCH3 is 1. The highest BCUT2D eigenvalue weighted by atomic mass is 16.5. The van der Waals surface area contributed by atoms with Gasteiger partial charge >= 0.3 is 0 Å². The third kappa shape index (κ3) is 4.27. The number of anilines is 1. The molecule has 2 aromatic heterocycles. The molecule has 1 saturated heterocycles. The summed E-state index contributed by atoms with van der Waals surface area (Å²) >= 11 is 0. The van der Waals surface area contributed by atoms with E-state index in [1.165, 1.54) is 0 Å². The number of amides is 1. The minimum atomic E-state index is 0.0897. The van der Waals surface area contributed by atoms with E-state index in [-0.39, 0.29) is 11.8 Å². The van der Waals surface area contributed by atoms with Crippen molar-refractivity contribution in [2.45, 2.75) is 33.1 Å². The summed E-state index contributed by atoms with van der Waals surface area (Å²) in [7, 11) is 1.67. The largest absolute Gasteiger partial charge is 0.385 e. The molecule has 0 aliphatic carbocycles. The molecule has 1 fully saturated rings. The van der Waals surface area contributed by atoms with Gasteiger partial charge in [-0.3, -0.25) is 4.79 Å². The summed E-state index contributed by atoms with van der Waals surface area (Å²) in [6.07, 6.45) is 4.42. The van der Waals surface area contributed by atoms with Crippen LogP contribution >= 0.6 is 0 Å². The highest BCUT2D eigenvalue weighted by molar-refractivity contribution is 5.79. The van der Waals surface area contributed by atoms with Crippen molar-refractivity contribution in [3.63, 3.8) is 0 Å². The highest BCUT2D eigenvalue weighted by Crippen LogP contribution is 2.25. The molecular weight excluding hydrogens is 330 g/mol. The fraction of sp³-hybridized carbons (Fsp3) is 0.579. The number of hydrogen-bond donors (Lipinski definition) is 1. The number of fused-ring (bicyclic) bond motifs is 1. The fourth-order valence-corrected chi connectivity index (χ4v) is 3.25. The molecule has 0 aromatic carbocycles. The molecule has 7 heteroatoms. The van der Waals surface area contributed by atoms with Gasteiger partial charge in [0.25, 0.3) is 0 Å². The summed E-state index contributed by atoms with van der Waals surface area (Å²) in [5.74, 6) is 0.251. The van der Waals surface area contributed by atoms with Crippen LogP contribution in [0.25, 0.3) is 11.2 Å². The Labute approximate surface area is 154 Å². The Morgan fingerprint density at radius 1 is 1.27 bits per heavy atom. The van der Waals surface area contributed by atoms with E-state index in [1.54, 1.807) is 7.11 Å². The Kier molecular flexibility index (Phi) is 5.98. The molecule has 3 heterocycles. The standard InChI is InChI=1S/C19H27N5O2/c1-13-14(2)23-18-17(22-13)11-16(12-21-18)24-8-5-15(6-9-24)19(25)20-7-4-10-26-3/h11-12,15H,4-10H2,1-3H3,(H,20,25). The maximum absolute atomic E-state index is 12.2. The van der Waals surface area contributed by atoms with E-state index in [9.17, 15) is 4.79 Å². The van der Waals surface area contributed by atoms with Crippen LogP contribution in [0.2, 0.25) is 0 Å². The zero-order valence-corrected chi connectivity index (χ0v) is 15.8. The first-order valence-electron chi connectivity index (χ1n) is 9.21. The zero-order valence-electron chi connectivity index (χ0n) is 15.8. The summed E-state index contributed by atoms with van der Waals surface area (Å²) in [6.45, 7) is 6.96. The molecule has 1 aliphatic rings. The predicted molar refractivity (Wildman–Crippen MR) is 101 cm³/mol. The summed E-state index contributed by atoms with van der Waals surface area (Å²) < 4.78 is 5.00. The molecule has 26 heavy (non-hydrogen) atoms. The molecular formula is C19H27N5O2. The Bertz CT molecular complexity index is 772. The van der Waals surface area contributed by atoms with Gasteiger partial charge in [0.05, 0.1) is 23.3 Å². The Morgan fingerprint density at radius 3 is 2.73 bits per heavy atom. The average Bonchev–Trinajstić information content (AvgIpc) is 2.66. The summed E-state index contributed by atoms with van der Waals surface area (Å²) in [5, 5.41) is 3.01. The first kappa shape index (κ1) is 18.5. The van der Waals surface area contributed by atoms with Crippen LogP contribution in [0, 0.1) is 19.8 Å². The number of nitrogens with one attached hydrogen (secondary N) is 1. The van der Waals surface area contributed by atoms with Gasteiger partial charge in [0.2, 0.25) is 5.91 Å². The fourth-order valence-electron chi connectivity index (χ4n) is 3.25. The number of piperidine rings is 1. The quantitative estimate of drug-likeness (QED) is 0.797. The molecule has 1 aliphatic heterocycles. The Morgan fingerprint density at radius 2 is 2.00 bits per heavy atom. The summed E-state index contributed by atoms with van der Waals surface area (Å²) in [4.78, 5) is 28.1. The van der Waals surface area contributed by atoms with Gasteiger partial charge in [-0.25, -0.2) is 15.0 Å². The van der Waals surface area contributed by atoms with Crippen LogP contribution in [-0.4, -0.2) is 54.2 Å². The highest BCUT2D eigenvalue weighted by Gasteiger charge is 2.25. The normalized spacial score (nSPS) is 15.4. The molecule has 0 spiro atoms. The molecule has 0 saturated carbocycles. The lowest BCUT2D eigenvalue weighted by Gasteiger charge is -2.32. The van der Waals surface area contributed by atoms with Crippen LogP contribution < -0.4 is 10.2 Å². The number of aromatic nitrogens is 3. The zero-order chi connectivity index (χ0) is 18.5. The van der Waals surface area contributed by atoms with Crippen LogP contribution in [-0.2, 0) is 9.53 Å². The second-order valence-electron chi connectivity index (χ2n) is 6.83. The summed E-state index contributed by atoms with van der Waals surface area (Å²) in [5.41, 5.74) is 4.40. The topological polar surface area (TPSA) is 80.2 Å². The lowest BCUT2D eigenvalue weighted by molar-refractivity contribution is -0.125. The van der Waals surface area contributed by atoms with Gasteiger partial charge in [-0.2, -0.15) is 0 Å². The minimum Gasteiger partial charge on any atom is -0.385 e. The molecule has 0 bridgehead atoms. The SMILES string of the molecule is COCCCNC(=O)C1CCN(c2cnc3nc(C)c(C)nc3c2)CC1. The Balaban J connectivity index is 1.58. The maximum Gasteiger partial charge on any atom is 0.223 e. The van der Waals surface area contributed by atoms with Crippen molar-refractivity contribution in [3.8, 4) is 0 Å². The number of aryl methyl sites for hydroxylation is 2. The van der Waals surface area contributed by atoms with Crippen molar-refractivity contribution in [2.75, 3.05) is 38.3 Å². The van der Waals surface area contributed by atoms with E-state index in [2.05, 4.69) is 25.2 Å². The molecule has 0 unspecified atom stereocenters. The number of nitrogens with zero attached hydrogens (tertiary/aromatic N) is 4. The number of rotatable bonds is 6. The third-order valence-corrected chi connectivity index (χ3v) is 4.97. The number of ether oxygens (including phenoxy) is 1. The van der Waals surface area contributed by atoms with Gasteiger partial charge in [-0.05, 0) is 39.2 Å². The summed E-state index contributed by atoms with van der Waals surface area (Å²) in [6, 6.07) is 2.05. The molecule has 3 rings (SSSR count). The van der Waals surface area contributed by atoms with Gasteiger partial charge in [-0.15, -0.1) is 0 Å². The van der Waals surface area contributed by atoms with Crippen molar-refractivity contribution in [1.82, 2.24) is 20.3 Å². The van der Waals surface area contributed by atoms with Crippen LogP contribution in [0.3, 0.4) is 0 Å². The second-order valence-corrected chi connectivity index (χ2v) is 6.83. The van der Waals surface area contributed by atoms with Crippen molar-refractivity contribution < 1.29 is 9.53 Å². The van der Waals surface area contributed by atoms with Gasteiger partial charge in [0, 0.05) is 39.3 Å². The van der Waals surface area contributed by atoms with E-state index in [1.807, 2.05) is 26.1 Å². The van der Waals surface area contributed by atoms with Crippen molar-refractivity contribution in [3.05, 3.63) is 23.7 Å². The van der Waals surface area contributed by atoms with Crippen LogP contribution in [0.15, 0.2) is 12.3 Å². The van der Waals surface area contributed by atoms with Crippen molar-refractivity contribution >= 4 is 22.8 Å². The lowest BCUT2D eigenvalue weighted by Crippen LogP contribution is -2.41. The lowest BCUT2D eigenvalue weighted by atomic mass is 9.95. The van der Waals surface area contributed by atoms with E-state index >= 15 is 0 Å². The van der Waals surface area contributed by atoms with E-state index in [4.69, 9.17) is 4.74 Å². The van der Waals surface area contributed by atoms with E-state index in [0.29, 0.717) is 18.8 Å².